The number of methoxy groups -OCH3 is 1. The van der Waals surface area contributed by atoms with Crippen molar-refractivity contribution in [2.24, 2.45) is 0 Å². The lowest BCUT2D eigenvalue weighted by Crippen LogP contribution is -2.38. The van der Waals surface area contributed by atoms with E-state index in [4.69, 9.17) is 9.47 Å². The molecule has 168 valence electrons. The second-order valence-electron chi connectivity index (χ2n) is 9.78. The van der Waals surface area contributed by atoms with Gasteiger partial charge in [-0.15, -0.1) is 0 Å². The number of ether oxygens (including phenoxy) is 2. The molecule has 0 spiro atoms. The van der Waals surface area contributed by atoms with E-state index in [0.717, 1.165) is 68.5 Å². The summed E-state index contributed by atoms with van der Waals surface area (Å²) in [6.45, 7) is 12.2. The molecule has 4 nitrogen and oxygen atoms in total. The first-order valence-electron chi connectivity index (χ1n) is 11.1. The molecule has 0 bridgehead atoms. The van der Waals surface area contributed by atoms with Crippen LogP contribution in [0.5, 0.6) is 11.5 Å². The standard InChI is InChI=1S/C28H32O4/c1-16-17(2)25-23(12-13-27(4,5)32-25)18(3)24(16)28(6,26(29)30)21-10-8-20-15-22(31-7)11-9-19(20)14-21/h8-11,14-15H,12-13H2,1-7H3,(H,29,30). The zero-order valence-electron chi connectivity index (χ0n) is 20.1. The quantitative estimate of drug-likeness (QED) is 0.528. The van der Waals surface area contributed by atoms with Gasteiger partial charge in [0.25, 0.3) is 0 Å². The topological polar surface area (TPSA) is 55.8 Å². The first-order chi connectivity index (χ1) is 15.0. The van der Waals surface area contributed by atoms with Gasteiger partial charge in [0.05, 0.1) is 7.11 Å². The molecule has 4 rings (SSSR count). The van der Waals surface area contributed by atoms with E-state index in [1.54, 1.807) is 7.11 Å². The van der Waals surface area contributed by atoms with E-state index in [1.165, 1.54) is 0 Å². The van der Waals surface area contributed by atoms with Crippen LogP contribution in [0.15, 0.2) is 36.4 Å². The van der Waals surface area contributed by atoms with E-state index in [9.17, 15) is 9.90 Å². The molecule has 1 aliphatic rings. The molecule has 0 aromatic heterocycles. The van der Waals surface area contributed by atoms with Gasteiger partial charge in [0.15, 0.2) is 0 Å². The average Bonchev–Trinajstić information content (AvgIpc) is 2.75. The van der Waals surface area contributed by atoms with Crippen LogP contribution >= 0.6 is 0 Å². The third kappa shape index (κ3) is 3.33. The molecule has 3 aromatic carbocycles. The highest BCUT2D eigenvalue weighted by molar-refractivity contribution is 5.91. The summed E-state index contributed by atoms with van der Waals surface area (Å²) < 4.78 is 11.7. The fourth-order valence-corrected chi connectivity index (χ4v) is 5.17. The van der Waals surface area contributed by atoms with Gasteiger partial charge in [0.1, 0.15) is 22.5 Å². The number of aliphatic carboxylic acids is 1. The molecule has 0 amide bonds. The van der Waals surface area contributed by atoms with Crippen LogP contribution in [0.3, 0.4) is 0 Å². The van der Waals surface area contributed by atoms with Crippen molar-refractivity contribution < 1.29 is 19.4 Å². The molecular weight excluding hydrogens is 400 g/mol. The Morgan fingerprint density at radius 3 is 2.34 bits per heavy atom. The van der Waals surface area contributed by atoms with Gasteiger partial charge in [-0.1, -0.05) is 18.2 Å². The Hall–Kier alpha value is -3.01. The Kier molecular flexibility index (Phi) is 5.23. The van der Waals surface area contributed by atoms with Gasteiger partial charge in [-0.05, 0) is 117 Å². The molecule has 3 aromatic rings. The zero-order valence-corrected chi connectivity index (χ0v) is 20.1. The SMILES string of the molecule is COc1ccc2cc(C(C)(C(=O)O)c3c(C)c(C)c4c(c3C)CCC(C)(C)O4)ccc2c1. The smallest absolute Gasteiger partial charge is 0.318 e. The van der Waals surface area contributed by atoms with Crippen LogP contribution in [0.25, 0.3) is 10.8 Å². The van der Waals surface area contributed by atoms with Gasteiger partial charge >= 0.3 is 5.97 Å². The summed E-state index contributed by atoms with van der Waals surface area (Å²) in [6, 6.07) is 11.8. The van der Waals surface area contributed by atoms with Crippen LogP contribution in [-0.4, -0.2) is 23.8 Å². The minimum absolute atomic E-state index is 0.215. The Labute approximate surface area is 190 Å². The summed E-state index contributed by atoms with van der Waals surface area (Å²) >= 11 is 0. The molecule has 0 aliphatic carbocycles. The lowest BCUT2D eigenvalue weighted by atomic mass is 9.70. The van der Waals surface area contributed by atoms with E-state index in [1.807, 2.05) is 57.2 Å². The van der Waals surface area contributed by atoms with Crippen LogP contribution in [0.4, 0.5) is 0 Å². The van der Waals surface area contributed by atoms with Crippen molar-refractivity contribution >= 4 is 16.7 Å². The molecule has 0 saturated carbocycles. The molecule has 4 heteroatoms. The second-order valence-corrected chi connectivity index (χ2v) is 9.78. The maximum absolute atomic E-state index is 12.9. The van der Waals surface area contributed by atoms with Crippen LogP contribution < -0.4 is 9.47 Å². The van der Waals surface area contributed by atoms with Crippen LogP contribution in [-0.2, 0) is 16.6 Å². The minimum atomic E-state index is -1.19. The van der Waals surface area contributed by atoms with Crippen molar-refractivity contribution in [1.29, 1.82) is 0 Å². The lowest BCUT2D eigenvalue weighted by Gasteiger charge is -2.38. The number of carbonyl (C=O) groups is 1. The fourth-order valence-electron chi connectivity index (χ4n) is 5.17. The Morgan fingerprint density at radius 1 is 1.03 bits per heavy atom. The Balaban J connectivity index is 1.96. The summed E-state index contributed by atoms with van der Waals surface area (Å²) in [5.41, 5.74) is 4.43. The van der Waals surface area contributed by atoms with E-state index < -0.39 is 11.4 Å². The highest BCUT2D eigenvalue weighted by Gasteiger charge is 2.42. The predicted molar refractivity (Wildman–Crippen MR) is 128 cm³/mol. The van der Waals surface area contributed by atoms with Crippen LogP contribution in [0.1, 0.15) is 60.6 Å². The summed E-state index contributed by atoms with van der Waals surface area (Å²) in [5, 5.41) is 12.6. The van der Waals surface area contributed by atoms with Gasteiger partial charge in [-0.25, -0.2) is 0 Å². The first kappa shape index (κ1) is 22.2. The molecule has 1 aliphatic heterocycles. The van der Waals surface area contributed by atoms with Gasteiger partial charge < -0.3 is 14.6 Å². The van der Waals surface area contributed by atoms with E-state index in [-0.39, 0.29) is 5.60 Å². The Bertz CT molecular complexity index is 1240. The average molecular weight is 433 g/mol. The third-order valence-electron chi connectivity index (χ3n) is 7.29. The summed E-state index contributed by atoms with van der Waals surface area (Å²) in [6.07, 6.45) is 1.79. The number of hydrogen-bond acceptors (Lipinski definition) is 3. The summed E-state index contributed by atoms with van der Waals surface area (Å²) in [5.74, 6) is 0.859. The zero-order chi connectivity index (χ0) is 23.4. The first-order valence-corrected chi connectivity index (χ1v) is 11.1. The number of fused-ring (bicyclic) bond motifs is 2. The van der Waals surface area contributed by atoms with Crippen molar-refractivity contribution in [2.75, 3.05) is 7.11 Å². The molecule has 1 N–H and O–H groups in total. The van der Waals surface area contributed by atoms with Gasteiger partial charge in [-0.3, -0.25) is 4.79 Å². The number of hydrogen-bond donors (Lipinski definition) is 1. The molecular formula is C28H32O4. The van der Waals surface area contributed by atoms with E-state index in [2.05, 4.69) is 20.8 Å². The molecule has 1 heterocycles. The second kappa shape index (κ2) is 7.54. The molecule has 0 radical (unpaired) electrons. The number of carboxylic acid groups (broad SMARTS) is 1. The normalized spacial score (nSPS) is 16.7. The molecule has 1 unspecified atom stereocenters. The number of rotatable bonds is 4. The van der Waals surface area contributed by atoms with Crippen molar-refractivity contribution in [3.05, 3.63) is 69.8 Å². The fraction of sp³-hybridized carbons (Fsp3) is 0.393. The lowest BCUT2D eigenvalue weighted by molar-refractivity contribution is -0.141. The summed E-state index contributed by atoms with van der Waals surface area (Å²) in [4.78, 5) is 12.9. The van der Waals surface area contributed by atoms with E-state index >= 15 is 0 Å². The highest BCUT2D eigenvalue weighted by Crippen LogP contribution is 2.46. The number of carboxylic acids is 1. The number of benzene rings is 3. The van der Waals surface area contributed by atoms with Crippen LogP contribution in [0, 0.1) is 20.8 Å². The molecule has 0 saturated heterocycles. The molecule has 32 heavy (non-hydrogen) atoms. The predicted octanol–water partition coefficient (Wildman–Crippen LogP) is 6.27. The monoisotopic (exact) mass is 432 g/mol. The summed E-state index contributed by atoms with van der Waals surface area (Å²) in [7, 11) is 1.64. The Morgan fingerprint density at radius 2 is 1.69 bits per heavy atom. The highest BCUT2D eigenvalue weighted by atomic mass is 16.5. The van der Waals surface area contributed by atoms with Crippen LogP contribution in [0.2, 0.25) is 0 Å². The van der Waals surface area contributed by atoms with E-state index in [0.29, 0.717) is 0 Å². The molecule has 1 atom stereocenters. The molecule has 0 fully saturated rings. The maximum atomic E-state index is 12.9. The van der Waals surface area contributed by atoms with Crippen molar-refractivity contribution in [1.82, 2.24) is 0 Å². The minimum Gasteiger partial charge on any atom is -0.497 e. The van der Waals surface area contributed by atoms with Gasteiger partial charge in [0, 0.05) is 0 Å². The van der Waals surface area contributed by atoms with Gasteiger partial charge in [0.2, 0.25) is 0 Å². The van der Waals surface area contributed by atoms with Crippen molar-refractivity contribution in [2.45, 2.75) is 65.4 Å². The van der Waals surface area contributed by atoms with Gasteiger partial charge in [-0.2, -0.15) is 0 Å². The van der Waals surface area contributed by atoms with Crippen molar-refractivity contribution in [3.63, 3.8) is 0 Å². The largest absolute Gasteiger partial charge is 0.497 e. The van der Waals surface area contributed by atoms with Crippen molar-refractivity contribution in [3.8, 4) is 11.5 Å². The third-order valence-corrected chi connectivity index (χ3v) is 7.29. The maximum Gasteiger partial charge on any atom is 0.318 e.